The molecule has 0 fully saturated rings. The second-order valence-corrected chi connectivity index (χ2v) is 3.74. The van der Waals surface area contributed by atoms with Gasteiger partial charge in [0.15, 0.2) is 0 Å². The van der Waals surface area contributed by atoms with Gasteiger partial charge < -0.3 is 15.2 Å². The third-order valence-corrected chi connectivity index (χ3v) is 1.86. The van der Waals surface area contributed by atoms with Gasteiger partial charge in [0.25, 0.3) is 5.17 Å². The van der Waals surface area contributed by atoms with E-state index in [0.717, 1.165) is 0 Å². The SMILES string of the molecule is CC(O)COC(=S)Nc1ccc(Cl)cn1. The Balaban J connectivity index is 2.41. The normalized spacial score (nSPS) is 11.9. The summed E-state index contributed by atoms with van der Waals surface area (Å²) in [5.41, 5.74) is 0. The molecule has 2 N–H and O–H groups in total. The Morgan fingerprint density at radius 2 is 2.47 bits per heavy atom. The van der Waals surface area contributed by atoms with Crippen molar-refractivity contribution in [3.8, 4) is 0 Å². The van der Waals surface area contributed by atoms with Crippen LogP contribution >= 0.6 is 23.8 Å². The van der Waals surface area contributed by atoms with E-state index in [9.17, 15) is 0 Å². The lowest BCUT2D eigenvalue weighted by Gasteiger charge is -2.10. The second-order valence-electron chi connectivity index (χ2n) is 2.93. The Hall–Kier alpha value is -0.910. The van der Waals surface area contributed by atoms with E-state index in [1.165, 1.54) is 6.20 Å². The number of hydrogen-bond acceptors (Lipinski definition) is 4. The van der Waals surface area contributed by atoms with Crippen LogP contribution < -0.4 is 5.32 Å². The van der Waals surface area contributed by atoms with Crippen molar-refractivity contribution in [1.82, 2.24) is 4.98 Å². The molecule has 0 saturated heterocycles. The number of hydrogen-bond donors (Lipinski definition) is 2. The highest BCUT2D eigenvalue weighted by atomic mass is 35.5. The molecule has 0 amide bonds. The number of thiocarbonyl (C=S) groups is 1. The largest absolute Gasteiger partial charge is 0.468 e. The van der Waals surface area contributed by atoms with E-state index in [0.29, 0.717) is 10.8 Å². The molecule has 6 heteroatoms. The molecule has 1 aromatic heterocycles. The van der Waals surface area contributed by atoms with Gasteiger partial charge in [-0.25, -0.2) is 4.98 Å². The quantitative estimate of drug-likeness (QED) is 0.797. The van der Waals surface area contributed by atoms with Crippen LogP contribution in [0.1, 0.15) is 6.92 Å². The molecule has 0 saturated carbocycles. The standard InChI is InChI=1S/C9H11ClN2O2S/c1-6(13)5-14-9(15)12-8-3-2-7(10)4-11-8/h2-4,6,13H,5H2,1H3,(H,11,12,15). The van der Waals surface area contributed by atoms with Crippen molar-refractivity contribution in [3.05, 3.63) is 23.4 Å². The lowest BCUT2D eigenvalue weighted by Crippen LogP contribution is -2.19. The van der Waals surface area contributed by atoms with Crippen molar-refractivity contribution in [1.29, 1.82) is 0 Å². The number of aliphatic hydroxyl groups is 1. The molecular weight excluding hydrogens is 236 g/mol. The molecular formula is C9H11ClN2O2S. The maximum Gasteiger partial charge on any atom is 0.262 e. The maximum absolute atomic E-state index is 8.96. The third kappa shape index (κ3) is 4.92. The minimum atomic E-state index is -0.553. The molecule has 0 aromatic carbocycles. The summed E-state index contributed by atoms with van der Waals surface area (Å²) in [7, 11) is 0. The van der Waals surface area contributed by atoms with Crippen molar-refractivity contribution in [2.75, 3.05) is 11.9 Å². The number of nitrogens with one attached hydrogen (secondary N) is 1. The predicted octanol–water partition coefficient (Wildman–Crippen LogP) is 1.83. The number of ether oxygens (including phenoxy) is 1. The monoisotopic (exact) mass is 246 g/mol. The summed E-state index contributed by atoms with van der Waals surface area (Å²) >= 11 is 10.5. The summed E-state index contributed by atoms with van der Waals surface area (Å²) in [5, 5.41) is 12.4. The molecule has 15 heavy (non-hydrogen) atoms. The van der Waals surface area contributed by atoms with Crippen molar-refractivity contribution < 1.29 is 9.84 Å². The molecule has 0 bridgehead atoms. The first-order chi connectivity index (χ1) is 7.08. The molecule has 0 radical (unpaired) electrons. The fourth-order valence-electron chi connectivity index (χ4n) is 0.787. The van der Waals surface area contributed by atoms with Gasteiger partial charge in [-0.2, -0.15) is 0 Å². The number of anilines is 1. The van der Waals surface area contributed by atoms with Crippen LogP contribution in [0.2, 0.25) is 5.02 Å². The summed E-state index contributed by atoms with van der Waals surface area (Å²) in [4.78, 5) is 3.97. The number of aromatic nitrogens is 1. The van der Waals surface area contributed by atoms with Gasteiger partial charge in [-0.1, -0.05) is 11.6 Å². The fourth-order valence-corrected chi connectivity index (χ4v) is 1.07. The van der Waals surface area contributed by atoms with E-state index in [2.05, 4.69) is 10.3 Å². The maximum atomic E-state index is 8.96. The van der Waals surface area contributed by atoms with Crippen LogP contribution in [-0.4, -0.2) is 28.0 Å². The Morgan fingerprint density at radius 1 is 1.73 bits per heavy atom. The first kappa shape index (κ1) is 12.2. The molecule has 0 spiro atoms. The summed E-state index contributed by atoms with van der Waals surface area (Å²) in [5.74, 6) is 0.551. The Morgan fingerprint density at radius 3 is 3.00 bits per heavy atom. The van der Waals surface area contributed by atoms with Crippen molar-refractivity contribution in [2.45, 2.75) is 13.0 Å². The molecule has 0 aliphatic heterocycles. The van der Waals surface area contributed by atoms with Crippen LogP contribution in [0.15, 0.2) is 18.3 Å². The van der Waals surface area contributed by atoms with E-state index >= 15 is 0 Å². The van der Waals surface area contributed by atoms with E-state index in [1.54, 1.807) is 19.1 Å². The molecule has 1 rings (SSSR count). The number of rotatable bonds is 3. The Kier molecular flexibility index (Phi) is 4.74. The van der Waals surface area contributed by atoms with Gasteiger partial charge in [-0.3, -0.25) is 0 Å². The van der Waals surface area contributed by atoms with Gasteiger partial charge >= 0.3 is 0 Å². The average molecular weight is 247 g/mol. The molecule has 82 valence electrons. The van der Waals surface area contributed by atoms with Gasteiger partial charge in [0, 0.05) is 6.20 Å². The number of nitrogens with zero attached hydrogens (tertiary/aromatic N) is 1. The van der Waals surface area contributed by atoms with Crippen LogP contribution in [0, 0.1) is 0 Å². The highest BCUT2D eigenvalue weighted by molar-refractivity contribution is 7.80. The summed E-state index contributed by atoms with van der Waals surface area (Å²) in [6, 6.07) is 3.37. The zero-order valence-corrected chi connectivity index (χ0v) is 9.68. The highest BCUT2D eigenvalue weighted by Gasteiger charge is 2.02. The van der Waals surface area contributed by atoms with Gasteiger partial charge in [0.05, 0.1) is 11.1 Å². The Labute approximate surface area is 98.2 Å². The summed E-state index contributed by atoms with van der Waals surface area (Å²) in [6.07, 6.45) is 0.948. The van der Waals surface area contributed by atoms with Crippen molar-refractivity contribution in [2.24, 2.45) is 0 Å². The first-order valence-corrected chi connectivity index (χ1v) is 5.10. The van der Waals surface area contributed by atoms with E-state index in [-0.39, 0.29) is 11.8 Å². The number of halogens is 1. The van der Waals surface area contributed by atoms with Crippen LogP contribution in [0.5, 0.6) is 0 Å². The lowest BCUT2D eigenvalue weighted by atomic mass is 10.4. The third-order valence-electron chi connectivity index (χ3n) is 1.41. The predicted molar refractivity (Wildman–Crippen MR) is 63.1 cm³/mol. The molecule has 1 aromatic rings. The van der Waals surface area contributed by atoms with E-state index in [4.69, 9.17) is 33.7 Å². The second kappa shape index (κ2) is 5.85. The number of aliphatic hydroxyl groups excluding tert-OH is 1. The van der Waals surface area contributed by atoms with E-state index < -0.39 is 6.10 Å². The van der Waals surface area contributed by atoms with Crippen LogP contribution in [-0.2, 0) is 4.74 Å². The molecule has 1 heterocycles. The topological polar surface area (TPSA) is 54.4 Å². The fraction of sp³-hybridized carbons (Fsp3) is 0.333. The highest BCUT2D eigenvalue weighted by Crippen LogP contribution is 2.09. The zero-order chi connectivity index (χ0) is 11.3. The lowest BCUT2D eigenvalue weighted by molar-refractivity contribution is 0.119. The smallest absolute Gasteiger partial charge is 0.262 e. The minimum Gasteiger partial charge on any atom is -0.468 e. The van der Waals surface area contributed by atoms with Gasteiger partial charge in [-0.05, 0) is 31.3 Å². The number of pyridine rings is 1. The molecule has 1 atom stereocenters. The van der Waals surface area contributed by atoms with Crippen molar-refractivity contribution >= 4 is 34.8 Å². The van der Waals surface area contributed by atoms with Gasteiger partial charge in [0.1, 0.15) is 12.4 Å². The van der Waals surface area contributed by atoms with Crippen molar-refractivity contribution in [3.63, 3.8) is 0 Å². The summed E-state index contributed by atoms with van der Waals surface area (Å²) < 4.78 is 5.03. The molecule has 4 nitrogen and oxygen atoms in total. The van der Waals surface area contributed by atoms with Crippen LogP contribution in [0.3, 0.4) is 0 Å². The van der Waals surface area contributed by atoms with Crippen LogP contribution in [0.4, 0.5) is 5.82 Å². The molecule has 0 aliphatic carbocycles. The molecule has 1 unspecified atom stereocenters. The van der Waals surface area contributed by atoms with Crippen LogP contribution in [0.25, 0.3) is 0 Å². The van der Waals surface area contributed by atoms with Gasteiger partial charge in [-0.15, -0.1) is 0 Å². The zero-order valence-electron chi connectivity index (χ0n) is 8.11. The first-order valence-electron chi connectivity index (χ1n) is 4.31. The minimum absolute atomic E-state index is 0.152. The van der Waals surface area contributed by atoms with Gasteiger partial charge in [0.2, 0.25) is 0 Å². The summed E-state index contributed by atoms with van der Waals surface area (Å²) in [6.45, 7) is 1.77. The molecule has 0 aliphatic rings. The Bertz CT molecular complexity index is 329. The van der Waals surface area contributed by atoms with E-state index in [1.807, 2.05) is 0 Å². The average Bonchev–Trinajstić information content (AvgIpc) is 2.19.